The van der Waals surface area contributed by atoms with E-state index in [1.54, 1.807) is 0 Å². The molecule has 0 fully saturated rings. The van der Waals surface area contributed by atoms with Crippen molar-refractivity contribution < 1.29 is 14.7 Å². The number of amides is 2. The second-order valence-corrected chi connectivity index (χ2v) is 4.12. The van der Waals surface area contributed by atoms with Crippen molar-refractivity contribution in [2.75, 3.05) is 6.54 Å². The van der Waals surface area contributed by atoms with Crippen molar-refractivity contribution in [2.24, 2.45) is 0 Å². The highest BCUT2D eigenvalue weighted by atomic mass is 16.4. The first-order valence-corrected chi connectivity index (χ1v) is 6.25. The van der Waals surface area contributed by atoms with Gasteiger partial charge in [-0.1, -0.05) is 13.3 Å². The molecule has 0 saturated carbocycles. The Kier molecular flexibility index (Phi) is 6.34. The lowest BCUT2D eigenvalue weighted by Gasteiger charge is -2.14. The third-order valence-corrected chi connectivity index (χ3v) is 2.52. The molecule has 19 heavy (non-hydrogen) atoms. The average Bonchev–Trinajstić information content (AvgIpc) is 2.87. The first-order valence-electron chi connectivity index (χ1n) is 6.25. The molecule has 0 spiro atoms. The van der Waals surface area contributed by atoms with Crippen LogP contribution in [0.15, 0.2) is 6.33 Å². The van der Waals surface area contributed by atoms with Gasteiger partial charge in [0.1, 0.15) is 18.2 Å². The number of carboxylic acids is 1. The number of nitrogens with one attached hydrogen (secondary N) is 3. The molecule has 4 N–H and O–H groups in total. The zero-order valence-corrected chi connectivity index (χ0v) is 10.8. The molecule has 0 aliphatic heterocycles. The summed E-state index contributed by atoms with van der Waals surface area (Å²) < 4.78 is 0. The molecule has 8 heteroatoms. The molecule has 0 saturated heterocycles. The number of carbonyl (C=O) groups excluding carboxylic acids is 1. The number of rotatable bonds is 8. The van der Waals surface area contributed by atoms with Crippen LogP contribution >= 0.6 is 0 Å². The number of urea groups is 1. The van der Waals surface area contributed by atoms with Crippen molar-refractivity contribution in [3.8, 4) is 0 Å². The minimum Gasteiger partial charge on any atom is -0.480 e. The fraction of sp³-hybridized carbons (Fsp3) is 0.636. The van der Waals surface area contributed by atoms with Crippen molar-refractivity contribution >= 4 is 12.0 Å². The number of carboxylic acid groups (broad SMARTS) is 1. The molecule has 0 aromatic carbocycles. The standard InChI is InChI=1S/C11H19N5O3/c1-2-4-8(10(17)18)15-11(19)12-6-3-5-9-13-7-14-16-9/h7-8H,2-6H2,1H3,(H,17,18)(H2,12,15,19)(H,13,14,16)/t8-/m0/s1. The molecule has 0 aliphatic rings. The Bertz CT molecular complexity index is 393. The van der Waals surface area contributed by atoms with Crippen LogP contribution in [-0.2, 0) is 11.2 Å². The van der Waals surface area contributed by atoms with Crippen LogP contribution in [0.4, 0.5) is 4.79 Å². The van der Waals surface area contributed by atoms with E-state index in [9.17, 15) is 9.59 Å². The van der Waals surface area contributed by atoms with E-state index in [2.05, 4.69) is 25.8 Å². The Morgan fingerprint density at radius 3 is 2.89 bits per heavy atom. The van der Waals surface area contributed by atoms with Crippen LogP contribution in [0.25, 0.3) is 0 Å². The molecular weight excluding hydrogens is 250 g/mol. The van der Waals surface area contributed by atoms with Gasteiger partial charge < -0.3 is 15.7 Å². The summed E-state index contributed by atoms with van der Waals surface area (Å²) in [4.78, 5) is 26.3. The Hall–Kier alpha value is -2.12. The minimum absolute atomic E-state index is 0.417. The summed E-state index contributed by atoms with van der Waals surface area (Å²) in [6, 6.07) is -1.29. The third-order valence-electron chi connectivity index (χ3n) is 2.52. The van der Waals surface area contributed by atoms with Crippen LogP contribution in [0.1, 0.15) is 32.0 Å². The number of carbonyl (C=O) groups is 2. The maximum Gasteiger partial charge on any atom is 0.326 e. The van der Waals surface area contributed by atoms with Gasteiger partial charge >= 0.3 is 12.0 Å². The molecule has 8 nitrogen and oxygen atoms in total. The second-order valence-electron chi connectivity index (χ2n) is 4.12. The van der Waals surface area contributed by atoms with Crippen LogP contribution in [0, 0.1) is 0 Å². The summed E-state index contributed by atoms with van der Waals surface area (Å²) in [5.74, 6) is -0.254. The van der Waals surface area contributed by atoms with Crippen LogP contribution in [-0.4, -0.2) is 44.9 Å². The Morgan fingerprint density at radius 2 is 2.32 bits per heavy atom. The molecule has 0 unspecified atom stereocenters. The van der Waals surface area contributed by atoms with E-state index in [1.165, 1.54) is 6.33 Å². The highest BCUT2D eigenvalue weighted by Crippen LogP contribution is 1.96. The summed E-state index contributed by atoms with van der Waals surface area (Å²) >= 11 is 0. The van der Waals surface area contributed by atoms with Gasteiger partial charge in [-0.15, -0.1) is 0 Å². The highest BCUT2D eigenvalue weighted by molar-refractivity contribution is 5.82. The predicted octanol–water partition coefficient (Wildman–Crippen LogP) is 0.290. The summed E-state index contributed by atoms with van der Waals surface area (Å²) in [5.41, 5.74) is 0. The minimum atomic E-state index is -1.02. The van der Waals surface area contributed by atoms with E-state index in [-0.39, 0.29) is 0 Å². The van der Waals surface area contributed by atoms with Crippen molar-refractivity contribution in [3.05, 3.63) is 12.2 Å². The molecule has 0 radical (unpaired) electrons. The van der Waals surface area contributed by atoms with Crippen molar-refractivity contribution in [1.82, 2.24) is 25.8 Å². The number of H-pyrrole nitrogens is 1. The molecule has 1 heterocycles. The number of aliphatic carboxylic acids is 1. The van der Waals surface area contributed by atoms with Gasteiger partial charge in [-0.05, 0) is 12.8 Å². The van der Waals surface area contributed by atoms with Crippen LogP contribution < -0.4 is 10.6 Å². The third kappa shape index (κ3) is 5.84. The lowest BCUT2D eigenvalue weighted by atomic mass is 10.2. The number of nitrogens with zero attached hydrogens (tertiary/aromatic N) is 2. The van der Waals surface area contributed by atoms with E-state index in [1.807, 2.05) is 6.92 Å². The highest BCUT2D eigenvalue weighted by Gasteiger charge is 2.18. The summed E-state index contributed by atoms with van der Waals surface area (Å²) in [5, 5.41) is 20.4. The van der Waals surface area contributed by atoms with Crippen LogP contribution in [0.3, 0.4) is 0 Å². The Balaban J connectivity index is 2.17. The summed E-state index contributed by atoms with van der Waals surface area (Å²) in [6.07, 6.45) is 3.92. The fourth-order valence-electron chi connectivity index (χ4n) is 1.56. The molecule has 1 aromatic heterocycles. The number of aromatic amines is 1. The van der Waals surface area contributed by atoms with Gasteiger partial charge in [0.15, 0.2) is 0 Å². The van der Waals surface area contributed by atoms with Crippen molar-refractivity contribution in [2.45, 2.75) is 38.6 Å². The molecule has 1 aromatic rings. The number of hydrogen-bond acceptors (Lipinski definition) is 4. The number of aromatic nitrogens is 3. The molecule has 0 aliphatic carbocycles. The van der Waals surface area contributed by atoms with Gasteiger partial charge in [0.25, 0.3) is 0 Å². The van der Waals surface area contributed by atoms with E-state index in [4.69, 9.17) is 5.11 Å². The van der Waals surface area contributed by atoms with Gasteiger partial charge in [-0.25, -0.2) is 14.6 Å². The maximum absolute atomic E-state index is 11.5. The monoisotopic (exact) mass is 269 g/mol. The summed E-state index contributed by atoms with van der Waals surface area (Å²) in [6.45, 7) is 2.32. The number of hydrogen-bond donors (Lipinski definition) is 4. The molecular formula is C11H19N5O3. The van der Waals surface area contributed by atoms with Crippen molar-refractivity contribution in [1.29, 1.82) is 0 Å². The topological polar surface area (TPSA) is 120 Å². The second kappa shape index (κ2) is 8.06. The first kappa shape index (κ1) is 14.9. The smallest absolute Gasteiger partial charge is 0.326 e. The molecule has 106 valence electrons. The van der Waals surface area contributed by atoms with Crippen LogP contribution in [0.5, 0.6) is 0 Å². The lowest BCUT2D eigenvalue weighted by Crippen LogP contribution is -2.46. The lowest BCUT2D eigenvalue weighted by molar-refractivity contribution is -0.139. The number of aryl methyl sites for hydroxylation is 1. The Labute approximate surface area is 111 Å². The predicted molar refractivity (Wildman–Crippen MR) is 67.6 cm³/mol. The van der Waals surface area contributed by atoms with E-state index in [0.717, 1.165) is 5.82 Å². The quantitative estimate of drug-likeness (QED) is 0.505. The zero-order chi connectivity index (χ0) is 14.1. The van der Waals surface area contributed by atoms with Crippen molar-refractivity contribution in [3.63, 3.8) is 0 Å². The molecule has 2 amide bonds. The van der Waals surface area contributed by atoms with Gasteiger partial charge in [0.2, 0.25) is 0 Å². The van der Waals surface area contributed by atoms with E-state index < -0.39 is 18.0 Å². The molecule has 1 atom stereocenters. The largest absolute Gasteiger partial charge is 0.480 e. The van der Waals surface area contributed by atoms with Gasteiger partial charge in [0, 0.05) is 13.0 Å². The molecule has 0 bridgehead atoms. The van der Waals surface area contributed by atoms with E-state index in [0.29, 0.717) is 32.2 Å². The Morgan fingerprint density at radius 1 is 1.53 bits per heavy atom. The maximum atomic E-state index is 11.5. The van der Waals surface area contributed by atoms with Gasteiger partial charge in [0.05, 0.1) is 0 Å². The van der Waals surface area contributed by atoms with Gasteiger partial charge in [-0.3, -0.25) is 5.10 Å². The summed E-state index contributed by atoms with van der Waals surface area (Å²) in [7, 11) is 0. The molecule has 1 rings (SSSR count). The normalized spacial score (nSPS) is 11.8. The van der Waals surface area contributed by atoms with E-state index >= 15 is 0 Å². The van der Waals surface area contributed by atoms with Crippen LogP contribution in [0.2, 0.25) is 0 Å². The first-order chi connectivity index (χ1) is 9.13. The van der Waals surface area contributed by atoms with Gasteiger partial charge in [-0.2, -0.15) is 5.10 Å². The average molecular weight is 269 g/mol. The fourth-order valence-corrected chi connectivity index (χ4v) is 1.56. The zero-order valence-electron chi connectivity index (χ0n) is 10.8. The SMILES string of the molecule is CCC[C@H](NC(=O)NCCCc1ncn[nH]1)C(=O)O.